The number of ether oxygens (including phenoxy) is 1. The van der Waals surface area contributed by atoms with Gasteiger partial charge in [-0.1, -0.05) is 0 Å². The normalized spacial score (nSPS) is 13.1. The van der Waals surface area contributed by atoms with Crippen molar-refractivity contribution in [2.24, 2.45) is 0 Å². The van der Waals surface area contributed by atoms with Gasteiger partial charge < -0.3 is 20.1 Å². The quantitative estimate of drug-likeness (QED) is 0.804. The number of carbonyl (C=O) groups is 1. The van der Waals surface area contributed by atoms with Crippen LogP contribution in [0, 0.1) is 0 Å². The molecule has 1 atom stereocenters. The summed E-state index contributed by atoms with van der Waals surface area (Å²) in [5.41, 5.74) is 1.23. The fraction of sp³-hybridized carbons (Fsp3) is 0.467. The van der Waals surface area contributed by atoms with Crippen molar-refractivity contribution in [1.29, 1.82) is 0 Å². The summed E-state index contributed by atoms with van der Waals surface area (Å²) in [5.74, 6) is 0. The predicted octanol–water partition coefficient (Wildman–Crippen LogP) is 1.99. The largest absolute Gasteiger partial charge is 0.444 e. The molecule has 0 aliphatic carbocycles. The Hall–Kier alpha value is -2.08. The van der Waals surface area contributed by atoms with E-state index in [-0.39, 0.29) is 6.61 Å². The molecule has 0 fully saturated rings. The van der Waals surface area contributed by atoms with Gasteiger partial charge in [0, 0.05) is 17.8 Å². The van der Waals surface area contributed by atoms with E-state index < -0.39 is 17.7 Å². The van der Waals surface area contributed by atoms with E-state index in [0.29, 0.717) is 6.42 Å². The molecular formula is C15H21N3O3. The van der Waals surface area contributed by atoms with Crippen LogP contribution in [0.15, 0.2) is 24.5 Å². The van der Waals surface area contributed by atoms with Gasteiger partial charge in [0.15, 0.2) is 0 Å². The van der Waals surface area contributed by atoms with Crippen LogP contribution in [0.2, 0.25) is 0 Å². The Kier molecular flexibility index (Phi) is 4.47. The number of amides is 1. The van der Waals surface area contributed by atoms with E-state index >= 15 is 0 Å². The van der Waals surface area contributed by atoms with Crippen LogP contribution in [0.25, 0.3) is 11.0 Å². The first kappa shape index (κ1) is 15.3. The Bertz CT molecular complexity index is 616. The highest BCUT2D eigenvalue weighted by molar-refractivity contribution is 5.79. The van der Waals surface area contributed by atoms with Crippen LogP contribution in [0.1, 0.15) is 26.3 Å². The molecule has 0 unspecified atom stereocenters. The van der Waals surface area contributed by atoms with Gasteiger partial charge in [-0.15, -0.1) is 0 Å². The number of pyridine rings is 1. The molecule has 2 rings (SSSR count). The van der Waals surface area contributed by atoms with Gasteiger partial charge in [0.1, 0.15) is 11.2 Å². The number of hydrogen-bond donors (Lipinski definition) is 3. The molecular weight excluding hydrogens is 270 g/mol. The number of nitrogens with one attached hydrogen (secondary N) is 2. The van der Waals surface area contributed by atoms with Crippen molar-refractivity contribution in [3.63, 3.8) is 0 Å². The zero-order chi connectivity index (χ0) is 15.5. The van der Waals surface area contributed by atoms with Gasteiger partial charge in [0.25, 0.3) is 0 Å². The molecule has 0 spiro atoms. The Morgan fingerprint density at radius 1 is 1.52 bits per heavy atom. The molecule has 1 amide bonds. The summed E-state index contributed by atoms with van der Waals surface area (Å²) in [6, 6.07) is 3.41. The Morgan fingerprint density at radius 3 is 2.95 bits per heavy atom. The first-order chi connectivity index (χ1) is 9.89. The van der Waals surface area contributed by atoms with Crippen LogP contribution in [-0.2, 0) is 11.2 Å². The lowest BCUT2D eigenvalue weighted by molar-refractivity contribution is 0.0483. The number of nitrogens with zero attached hydrogens (tertiary/aromatic N) is 1. The average Bonchev–Trinajstić information content (AvgIpc) is 2.79. The van der Waals surface area contributed by atoms with Crippen LogP contribution < -0.4 is 5.32 Å². The second-order valence-corrected chi connectivity index (χ2v) is 5.94. The van der Waals surface area contributed by atoms with Crippen molar-refractivity contribution in [3.8, 4) is 0 Å². The minimum atomic E-state index is -0.561. The number of fused-ring (bicyclic) bond motifs is 1. The van der Waals surface area contributed by atoms with Gasteiger partial charge in [-0.25, -0.2) is 9.78 Å². The van der Waals surface area contributed by atoms with Crippen molar-refractivity contribution in [2.75, 3.05) is 6.61 Å². The van der Waals surface area contributed by atoms with Gasteiger partial charge in [0.05, 0.1) is 12.6 Å². The molecule has 2 aromatic heterocycles. The molecule has 3 N–H and O–H groups in total. The maximum Gasteiger partial charge on any atom is 0.407 e. The minimum Gasteiger partial charge on any atom is -0.444 e. The standard InChI is InChI=1S/C15H21N3O3/c1-15(2,3)21-14(20)18-11(9-19)7-10-8-17-13-12(10)5-4-6-16-13/h4-6,8,11,19H,7,9H2,1-3H3,(H,16,17)(H,18,20)/t11-/m0/s1. The van der Waals surface area contributed by atoms with E-state index in [4.69, 9.17) is 4.74 Å². The third-order valence-corrected chi connectivity index (χ3v) is 2.94. The van der Waals surface area contributed by atoms with Gasteiger partial charge in [-0.2, -0.15) is 0 Å². The molecule has 21 heavy (non-hydrogen) atoms. The summed E-state index contributed by atoms with van der Waals surface area (Å²) in [5, 5.41) is 13.1. The lowest BCUT2D eigenvalue weighted by atomic mass is 10.1. The van der Waals surface area contributed by atoms with Gasteiger partial charge >= 0.3 is 6.09 Å². The van der Waals surface area contributed by atoms with E-state index in [9.17, 15) is 9.90 Å². The molecule has 0 saturated carbocycles. The molecule has 0 aromatic carbocycles. The molecule has 2 heterocycles. The Labute approximate surface area is 123 Å². The molecule has 0 saturated heterocycles. The highest BCUT2D eigenvalue weighted by Crippen LogP contribution is 2.17. The third kappa shape index (κ3) is 4.19. The number of alkyl carbamates (subject to hydrolysis) is 1. The Morgan fingerprint density at radius 2 is 2.29 bits per heavy atom. The summed E-state index contributed by atoms with van der Waals surface area (Å²) >= 11 is 0. The predicted molar refractivity (Wildman–Crippen MR) is 80.0 cm³/mol. The fourth-order valence-electron chi connectivity index (χ4n) is 2.08. The molecule has 2 aromatic rings. The summed E-state index contributed by atoms with van der Waals surface area (Å²) in [4.78, 5) is 19.0. The molecule has 0 aliphatic heterocycles. The molecule has 114 valence electrons. The molecule has 0 radical (unpaired) electrons. The topological polar surface area (TPSA) is 87.2 Å². The number of hydrogen-bond acceptors (Lipinski definition) is 4. The monoisotopic (exact) mass is 291 g/mol. The highest BCUT2D eigenvalue weighted by Gasteiger charge is 2.20. The number of rotatable bonds is 4. The van der Waals surface area contributed by atoms with Crippen molar-refractivity contribution >= 4 is 17.1 Å². The van der Waals surface area contributed by atoms with Crippen LogP contribution in [-0.4, -0.2) is 39.4 Å². The second kappa shape index (κ2) is 6.13. The number of aliphatic hydroxyl groups excluding tert-OH is 1. The van der Waals surface area contributed by atoms with E-state index in [1.54, 1.807) is 27.0 Å². The van der Waals surface area contributed by atoms with E-state index in [1.807, 2.05) is 18.3 Å². The first-order valence-corrected chi connectivity index (χ1v) is 6.90. The van der Waals surface area contributed by atoms with Crippen molar-refractivity contribution in [1.82, 2.24) is 15.3 Å². The molecule has 6 heteroatoms. The van der Waals surface area contributed by atoms with Crippen molar-refractivity contribution < 1.29 is 14.6 Å². The van der Waals surface area contributed by atoms with Crippen LogP contribution >= 0.6 is 0 Å². The van der Waals surface area contributed by atoms with E-state index in [1.165, 1.54) is 0 Å². The van der Waals surface area contributed by atoms with Gasteiger partial charge in [0.2, 0.25) is 0 Å². The molecule has 0 bridgehead atoms. The summed E-state index contributed by atoms with van der Waals surface area (Å²) in [6.07, 6.45) is 3.53. The number of aliphatic hydroxyl groups is 1. The lowest BCUT2D eigenvalue weighted by Crippen LogP contribution is -2.42. The van der Waals surface area contributed by atoms with E-state index in [0.717, 1.165) is 16.6 Å². The lowest BCUT2D eigenvalue weighted by Gasteiger charge is -2.22. The van der Waals surface area contributed by atoms with Crippen molar-refractivity contribution in [2.45, 2.75) is 38.8 Å². The fourth-order valence-corrected chi connectivity index (χ4v) is 2.08. The van der Waals surface area contributed by atoms with Crippen LogP contribution in [0.4, 0.5) is 4.79 Å². The second-order valence-electron chi connectivity index (χ2n) is 5.94. The summed E-state index contributed by atoms with van der Waals surface area (Å²) in [6.45, 7) is 5.23. The van der Waals surface area contributed by atoms with Crippen molar-refractivity contribution in [3.05, 3.63) is 30.1 Å². The Balaban J connectivity index is 2.04. The van der Waals surface area contributed by atoms with Crippen LogP contribution in [0.3, 0.4) is 0 Å². The zero-order valence-corrected chi connectivity index (χ0v) is 12.5. The number of aromatic nitrogens is 2. The number of aromatic amines is 1. The first-order valence-electron chi connectivity index (χ1n) is 6.90. The maximum atomic E-state index is 11.8. The summed E-state index contributed by atoms with van der Waals surface area (Å²) < 4.78 is 5.20. The maximum absolute atomic E-state index is 11.8. The minimum absolute atomic E-state index is 0.161. The number of H-pyrrole nitrogens is 1. The van der Waals surface area contributed by atoms with Crippen LogP contribution in [0.5, 0.6) is 0 Å². The van der Waals surface area contributed by atoms with Gasteiger partial charge in [-0.3, -0.25) is 0 Å². The van der Waals surface area contributed by atoms with Gasteiger partial charge in [-0.05, 0) is 44.9 Å². The number of carbonyl (C=O) groups excluding carboxylic acids is 1. The highest BCUT2D eigenvalue weighted by atomic mass is 16.6. The average molecular weight is 291 g/mol. The third-order valence-electron chi connectivity index (χ3n) is 2.94. The summed E-state index contributed by atoms with van der Waals surface area (Å²) in [7, 11) is 0. The zero-order valence-electron chi connectivity index (χ0n) is 12.5. The smallest absolute Gasteiger partial charge is 0.407 e. The SMILES string of the molecule is CC(C)(C)OC(=O)N[C@H](CO)Cc1c[nH]c2ncccc12. The van der Waals surface area contributed by atoms with E-state index in [2.05, 4.69) is 15.3 Å². The molecule has 6 nitrogen and oxygen atoms in total. The molecule has 0 aliphatic rings.